The Kier molecular flexibility index (Phi) is 5.86. The zero-order valence-electron chi connectivity index (χ0n) is 10.7. The standard InChI is InChI=1S/C12H21N3O2/c1-4-10-7-12(15-9(2)14-10)13-6-5-11(16)8-17-3/h7,11,16H,4-6,8H2,1-3H3,(H,13,14,15). The average molecular weight is 239 g/mol. The van der Waals surface area contributed by atoms with E-state index in [0.29, 0.717) is 19.6 Å². The van der Waals surface area contributed by atoms with Crippen LogP contribution in [0.5, 0.6) is 0 Å². The molecule has 96 valence electrons. The lowest BCUT2D eigenvalue weighted by Gasteiger charge is -2.11. The van der Waals surface area contributed by atoms with Crippen LogP contribution in [-0.4, -0.2) is 41.4 Å². The molecule has 0 bridgehead atoms. The molecule has 1 unspecified atom stereocenters. The summed E-state index contributed by atoms with van der Waals surface area (Å²) in [5.74, 6) is 1.59. The number of nitrogens with one attached hydrogen (secondary N) is 1. The van der Waals surface area contributed by atoms with Gasteiger partial charge in [-0.25, -0.2) is 9.97 Å². The van der Waals surface area contributed by atoms with Crippen LogP contribution >= 0.6 is 0 Å². The summed E-state index contributed by atoms with van der Waals surface area (Å²) in [6.07, 6.45) is 1.10. The van der Waals surface area contributed by atoms with Gasteiger partial charge in [0.15, 0.2) is 0 Å². The first-order valence-electron chi connectivity index (χ1n) is 5.91. The van der Waals surface area contributed by atoms with Crippen LogP contribution in [0.25, 0.3) is 0 Å². The lowest BCUT2D eigenvalue weighted by molar-refractivity contribution is 0.0615. The van der Waals surface area contributed by atoms with Gasteiger partial charge in [-0.05, 0) is 19.8 Å². The third-order valence-electron chi connectivity index (χ3n) is 2.40. The molecular formula is C12H21N3O2. The Balaban J connectivity index is 2.43. The quantitative estimate of drug-likeness (QED) is 0.747. The van der Waals surface area contributed by atoms with Crippen molar-refractivity contribution in [3.63, 3.8) is 0 Å². The van der Waals surface area contributed by atoms with E-state index in [2.05, 4.69) is 22.2 Å². The molecule has 5 nitrogen and oxygen atoms in total. The van der Waals surface area contributed by atoms with Crippen LogP contribution in [0, 0.1) is 6.92 Å². The first-order valence-corrected chi connectivity index (χ1v) is 5.91. The van der Waals surface area contributed by atoms with Crippen LogP contribution in [-0.2, 0) is 11.2 Å². The molecule has 1 heterocycles. The number of rotatable bonds is 7. The Morgan fingerprint density at radius 3 is 2.88 bits per heavy atom. The summed E-state index contributed by atoms with van der Waals surface area (Å²) in [4.78, 5) is 8.59. The number of aliphatic hydroxyl groups excluding tert-OH is 1. The van der Waals surface area contributed by atoms with E-state index in [4.69, 9.17) is 4.74 Å². The van der Waals surface area contributed by atoms with Crippen LogP contribution < -0.4 is 5.32 Å². The Bertz CT molecular complexity index is 345. The highest BCUT2D eigenvalue weighted by molar-refractivity contribution is 5.35. The maximum atomic E-state index is 9.48. The third-order valence-corrected chi connectivity index (χ3v) is 2.40. The number of ether oxygens (including phenoxy) is 1. The lowest BCUT2D eigenvalue weighted by Crippen LogP contribution is -2.18. The molecule has 1 rings (SSSR count). The van der Waals surface area contributed by atoms with E-state index in [9.17, 15) is 5.11 Å². The molecule has 0 aromatic carbocycles. The monoisotopic (exact) mass is 239 g/mol. The largest absolute Gasteiger partial charge is 0.391 e. The van der Waals surface area contributed by atoms with Crippen LogP contribution in [0.2, 0.25) is 0 Å². The van der Waals surface area contributed by atoms with Gasteiger partial charge >= 0.3 is 0 Å². The van der Waals surface area contributed by atoms with E-state index in [1.54, 1.807) is 7.11 Å². The molecule has 2 N–H and O–H groups in total. The van der Waals surface area contributed by atoms with Crippen LogP contribution in [0.15, 0.2) is 6.07 Å². The summed E-state index contributed by atoms with van der Waals surface area (Å²) >= 11 is 0. The molecule has 1 aromatic rings. The fraction of sp³-hybridized carbons (Fsp3) is 0.667. The minimum atomic E-state index is -0.430. The molecule has 1 atom stereocenters. The van der Waals surface area contributed by atoms with Gasteiger partial charge in [0.05, 0.1) is 12.7 Å². The number of aryl methyl sites for hydroxylation is 2. The molecule has 0 radical (unpaired) electrons. The summed E-state index contributed by atoms with van der Waals surface area (Å²) in [7, 11) is 1.58. The minimum Gasteiger partial charge on any atom is -0.391 e. The Labute approximate surface area is 102 Å². The maximum absolute atomic E-state index is 9.48. The Morgan fingerprint density at radius 1 is 1.47 bits per heavy atom. The second kappa shape index (κ2) is 7.19. The predicted octanol–water partition coefficient (Wildman–Crippen LogP) is 1.16. The predicted molar refractivity (Wildman–Crippen MR) is 67.1 cm³/mol. The Hall–Kier alpha value is -1.20. The fourth-order valence-corrected chi connectivity index (χ4v) is 1.54. The van der Waals surface area contributed by atoms with Crippen molar-refractivity contribution < 1.29 is 9.84 Å². The van der Waals surface area contributed by atoms with E-state index in [1.807, 2.05) is 13.0 Å². The van der Waals surface area contributed by atoms with Crippen molar-refractivity contribution in [1.29, 1.82) is 0 Å². The smallest absolute Gasteiger partial charge is 0.129 e. The van der Waals surface area contributed by atoms with Gasteiger partial charge in [-0.1, -0.05) is 6.92 Å². The molecule has 0 saturated carbocycles. The molecule has 0 aliphatic rings. The van der Waals surface area contributed by atoms with Crippen LogP contribution in [0.3, 0.4) is 0 Å². The molecule has 5 heteroatoms. The molecular weight excluding hydrogens is 218 g/mol. The van der Waals surface area contributed by atoms with Gasteiger partial charge in [-0.15, -0.1) is 0 Å². The van der Waals surface area contributed by atoms with E-state index in [-0.39, 0.29) is 0 Å². The van der Waals surface area contributed by atoms with Gasteiger partial charge < -0.3 is 15.2 Å². The molecule has 1 aromatic heterocycles. The molecule has 17 heavy (non-hydrogen) atoms. The van der Waals surface area contributed by atoms with Gasteiger partial charge in [0, 0.05) is 25.4 Å². The number of aliphatic hydroxyl groups is 1. The van der Waals surface area contributed by atoms with Crippen molar-refractivity contribution in [2.75, 3.05) is 25.6 Å². The average Bonchev–Trinajstić information content (AvgIpc) is 2.28. The first-order chi connectivity index (χ1) is 8.15. The summed E-state index contributed by atoms with van der Waals surface area (Å²) < 4.78 is 4.86. The topological polar surface area (TPSA) is 67.3 Å². The van der Waals surface area contributed by atoms with E-state index in [0.717, 1.165) is 23.8 Å². The molecule has 0 aliphatic carbocycles. The summed E-state index contributed by atoms with van der Waals surface area (Å²) in [5, 5.41) is 12.7. The number of aromatic nitrogens is 2. The van der Waals surface area contributed by atoms with Gasteiger partial charge in [0.2, 0.25) is 0 Å². The molecule has 0 aliphatic heterocycles. The maximum Gasteiger partial charge on any atom is 0.129 e. The molecule has 0 spiro atoms. The van der Waals surface area contributed by atoms with Crippen molar-refractivity contribution in [2.45, 2.75) is 32.8 Å². The SMILES string of the molecule is CCc1cc(NCCC(O)COC)nc(C)n1. The fourth-order valence-electron chi connectivity index (χ4n) is 1.54. The summed E-state index contributed by atoms with van der Waals surface area (Å²) in [6, 6.07) is 1.94. The van der Waals surface area contributed by atoms with Gasteiger partial charge in [0.1, 0.15) is 11.6 Å². The van der Waals surface area contributed by atoms with Gasteiger partial charge in [-0.3, -0.25) is 0 Å². The number of nitrogens with zero attached hydrogens (tertiary/aromatic N) is 2. The number of methoxy groups -OCH3 is 1. The highest BCUT2D eigenvalue weighted by atomic mass is 16.5. The zero-order chi connectivity index (χ0) is 12.7. The van der Waals surface area contributed by atoms with E-state index < -0.39 is 6.10 Å². The van der Waals surface area contributed by atoms with Crippen molar-refractivity contribution >= 4 is 5.82 Å². The lowest BCUT2D eigenvalue weighted by atomic mass is 10.2. The van der Waals surface area contributed by atoms with Crippen LogP contribution in [0.4, 0.5) is 5.82 Å². The molecule has 0 amide bonds. The number of hydrogen-bond acceptors (Lipinski definition) is 5. The highest BCUT2D eigenvalue weighted by Gasteiger charge is 2.04. The van der Waals surface area contributed by atoms with Crippen molar-refractivity contribution in [3.05, 3.63) is 17.6 Å². The van der Waals surface area contributed by atoms with E-state index >= 15 is 0 Å². The van der Waals surface area contributed by atoms with Crippen LogP contribution in [0.1, 0.15) is 24.9 Å². The van der Waals surface area contributed by atoms with E-state index in [1.165, 1.54) is 0 Å². The summed E-state index contributed by atoms with van der Waals surface area (Å²) in [5.41, 5.74) is 1.03. The van der Waals surface area contributed by atoms with Crippen molar-refractivity contribution in [3.8, 4) is 0 Å². The molecule has 0 fully saturated rings. The molecule has 0 saturated heterocycles. The first kappa shape index (κ1) is 13.9. The second-order valence-corrected chi connectivity index (χ2v) is 3.97. The zero-order valence-corrected chi connectivity index (χ0v) is 10.7. The van der Waals surface area contributed by atoms with Crippen molar-refractivity contribution in [1.82, 2.24) is 9.97 Å². The van der Waals surface area contributed by atoms with Crippen molar-refractivity contribution in [2.24, 2.45) is 0 Å². The normalized spacial score (nSPS) is 12.5. The number of hydrogen-bond donors (Lipinski definition) is 2. The second-order valence-electron chi connectivity index (χ2n) is 3.97. The third kappa shape index (κ3) is 5.10. The Morgan fingerprint density at radius 2 is 2.24 bits per heavy atom. The minimum absolute atomic E-state index is 0.366. The van der Waals surface area contributed by atoms with Gasteiger partial charge in [0.25, 0.3) is 0 Å². The number of anilines is 1. The summed E-state index contributed by atoms with van der Waals surface area (Å²) in [6.45, 7) is 4.98. The van der Waals surface area contributed by atoms with Gasteiger partial charge in [-0.2, -0.15) is 0 Å². The highest BCUT2D eigenvalue weighted by Crippen LogP contribution is 2.07.